The molecule has 1 amide bonds. The molecule has 1 N–H and O–H groups in total. The number of anilines is 1. The quantitative estimate of drug-likeness (QED) is 0.813. The molecular formula is C21H29N3O3. The molecule has 4 rings (SSSR count). The summed E-state index contributed by atoms with van der Waals surface area (Å²) in [6.45, 7) is 5.83. The zero-order valence-electron chi connectivity index (χ0n) is 15.9. The van der Waals surface area contributed by atoms with Gasteiger partial charge in [-0.1, -0.05) is 12.8 Å². The van der Waals surface area contributed by atoms with E-state index in [1.807, 2.05) is 12.1 Å². The molecule has 1 aromatic heterocycles. The van der Waals surface area contributed by atoms with Crippen LogP contribution < -0.4 is 5.32 Å². The molecule has 1 aliphatic carbocycles. The van der Waals surface area contributed by atoms with Gasteiger partial charge in [0, 0.05) is 49.0 Å². The number of rotatable bonds is 7. The second kappa shape index (κ2) is 8.87. The predicted molar refractivity (Wildman–Crippen MR) is 106 cm³/mol. The van der Waals surface area contributed by atoms with Crippen molar-refractivity contribution in [3.8, 4) is 0 Å². The zero-order valence-corrected chi connectivity index (χ0v) is 15.9. The highest BCUT2D eigenvalue weighted by atomic mass is 16.5. The third kappa shape index (κ3) is 4.89. The molecule has 2 heterocycles. The number of carbonyl (C=O) groups is 1. The summed E-state index contributed by atoms with van der Waals surface area (Å²) in [6.07, 6.45) is 6.98. The van der Waals surface area contributed by atoms with E-state index >= 15 is 0 Å². The van der Waals surface area contributed by atoms with E-state index in [1.165, 1.54) is 18.4 Å². The largest absolute Gasteiger partial charge is 0.379 e. The van der Waals surface area contributed by atoms with E-state index in [9.17, 15) is 4.79 Å². The summed E-state index contributed by atoms with van der Waals surface area (Å²) < 4.78 is 13.4. The first-order chi connectivity index (χ1) is 13.3. The van der Waals surface area contributed by atoms with Crippen molar-refractivity contribution >= 4 is 22.5 Å². The lowest BCUT2D eigenvalue weighted by Gasteiger charge is -2.26. The number of nitrogens with one attached hydrogen (secondary N) is 1. The van der Waals surface area contributed by atoms with Crippen LogP contribution in [-0.4, -0.2) is 60.9 Å². The monoisotopic (exact) mass is 371 g/mol. The lowest BCUT2D eigenvalue weighted by molar-refractivity contribution is -0.122. The van der Waals surface area contributed by atoms with Gasteiger partial charge in [-0.15, -0.1) is 0 Å². The Labute approximate surface area is 160 Å². The van der Waals surface area contributed by atoms with Crippen LogP contribution in [0.2, 0.25) is 0 Å². The SMILES string of the molecule is O=C(COC1CCCC1)Nc1ccc2c(ccn2CCN2CCOCC2)c1. The minimum atomic E-state index is -0.0759. The highest BCUT2D eigenvalue weighted by molar-refractivity contribution is 5.94. The molecule has 27 heavy (non-hydrogen) atoms. The van der Waals surface area contributed by atoms with Crippen LogP contribution in [0.3, 0.4) is 0 Å². The Morgan fingerprint density at radius 2 is 1.96 bits per heavy atom. The Balaban J connectivity index is 1.31. The van der Waals surface area contributed by atoms with Gasteiger partial charge in [0.05, 0.1) is 19.3 Å². The van der Waals surface area contributed by atoms with Crippen LogP contribution in [0, 0.1) is 0 Å². The summed E-state index contributed by atoms with van der Waals surface area (Å²) >= 11 is 0. The van der Waals surface area contributed by atoms with Crippen molar-refractivity contribution in [3.05, 3.63) is 30.5 Å². The first-order valence-electron chi connectivity index (χ1n) is 10.1. The molecule has 1 aliphatic heterocycles. The Kier molecular flexibility index (Phi) is 6.07. The van der Waals surface area contributed by atoms with Crippen LogP contribution in [0.5, 0.6) is 0 Å². The number of benzene rings is 1. The first kappa shape index (κ1) is 18.5. The van der Waals surface area contributed by atoms with Gasteiger partial charge in [-0.3, -0.25) is 9.69 Å². The lowest BCUT2D eigenvalue weighted by Crippen LogP contribution is -2.38. The van der Waals surface area contributed by atoms with Gasteiger partial charge in [0.1, 0.15) is 6.61 Å². The third-order valence-electron chi connectivity index (χ3n) is 5.57. The first-order valence-corrected chi connectivity index (χ1v) is 10.1. The number of fused-ring (bicyclic) bond motifs is 1. The molecule has 1 saturated carbocycles. The second-order valence-corrected chi connectivity index (χ2v) is 7.50. The minimum Gasteiger partial charge on any atom is -0.379 e. The minimum absolute atomic E-state index is 0.0759. The fraction of sp³-hybridized carbons (Fsp3) is 0.571. The summed E-state index contributed by atoms with van der Waals surface area (Å²) in [6, 6.07) is 8.20. The number of hydrogen-bond acceptors (Lipinski definition) is 4. The van der Waals surface area contributed by atoms with Crippen molar-refractivity contribution in [2.45, 2.75) is 38.3 Å². The Bertz CT molecular complexity index is 761. The Hall–Kier alpha value is -1.89. The van der Waals surface area contributed by atoms with Crippen molar-refractivity contribution in [1.29, 1.82) is 0 Å². The maximum Gasteiger partial charge on any atom is 0.250 e. The maximum atomic E-state index is 12.1. The molecule has 6 nitrogen and oxygen atoms in total. The molecular weight excluding hydrogens is 342 g/mol. The molecule has 1 aromatic carbocycles. The van der Waals surface area contributed by atoms with Gasteiger partial charge in [-0.2, -0.15) is 0 Å². The van der Waals surface area contributed by atoms with Crippen molar-refractivity contribution in [2.24, 2.45) is 0 Å². The molecule has 2 aliphatic rings. The zero-order chi connectivity index (χ0) is 18.5. The summed E-state index contributed by atoms with van der Waals surface area (Å²) in [5.41, 5.74) is 2.02. The van der Waals surface area contributed by atoms with E-state index < -0.39 is 0 Å². The summed E-state index contributed by atoms with van der Waals surface area (Å²) in [5.74, 6) is -0.0759. The molecule has 2 aromatic rings. The summed E-state index contributed by atoms with van der Waals surface area (Å²) in [5, 5.41) is 4.10. The number of hydrogen-bond donors (Lipinski definition) is 1. The van der Waals surface area contributed by atoms with Gasteiger partial charge in [0.2, 0.25) is 5.91 Å². The number of aromatic nitrogens is 1. The van der Waals surface area contributed by atoms with Gasteiger partial charge in [0.25, 0.3) is 0 Å². The lowest BCUT2D eigenvalue weighted by atomic mass is 10.2. The predicted octanol–water partition coefficient (Wildman–Crippen LogP) is 2.87. The smallest absolute Gasteiger partial charge is 0.250 e. The fourth-order valence-corrected chi connectivity index (χ4v) is 3.99. The number of ether oxygens (including phenoxy) is 2. The van der Waals surface area contributed by atoms with Gasteiger partial charge in [-0.25, -0.2) is 0 Å². The van der Waals surface area contributed by atoms with E-state index in [2.05, 4.69) is 33.1 Å². The van der Waals surface area contributed by atoms with Gasteiger partial charge >= 0.3 is 0 Å². The molecule has 0 spiro atoms. The van der Waals surface area contributed by atoms with E-state index in [0.717, 1.165) is 63.3 Å². The van der Waals surface area contributed by atoms with E-state index in [0.29, 0.717) is 0 Å². The molecule has 146 valence electrons. The van der Waals surface area contributed by atoms with Gasteiger partial charge < -0.3 is 19.4 Å². The number of nitrogens with zero attached hydrogens (tertiary/aromatic N) is 2. The van der Waals surface area contributed by atoms with E-state index in [1.54, 1.807) is 0 Å². The van der Waals surface area contributed by atoms with Crippen LogP contribution >= 0.6 is 0 Å². The van der Waals surface area contributed by atoms with Crippen molar-refractivity contribution in [2.75, 3.05) is 44.8 Å². The van der Waals surface area contributed by atoms with Crippen LogP contribution in [0.15, 0.2) is 30.5 Å². The highest BCUT2D eigenvalue weighted by Crippen LogP contribution is 2.22. The molecule has 2 fully saturated rings. The number of amides is 1. The molecule has 0 unspecified atom stereocenters. The van der Waals surface area contributed by atoms with E-state index in [-0.39, 0.29) is 18.6 Å². The van der Waals surface area contributed by atoms with Crippen molar-refractivity contribution < 1.29 is 14.3 Å². The van der Waals surface area contributed by atoms with Crippen LogP contribution in [0.4, 0.5) is 5.69 Å². The van der Waals surface area contributed by atoms with E-state index in [4.69, 9.17) is 9.47 Å². The number of carbonyl (C=O) groups excluding carboxylic acids is 1. The van der Waals surface area contributed by atoms with Crippen LogP contribution in [0.25, 0.3) is 10.9 Å². The topological polar surface area (TPSA) is 55.7 Å². The molecule has 0 bridgehead atoms. The van der Waals surface area contributed by atoms with Crippen LogP contribution in [-0.2, 0) is 20.8 Å². The van der Waals surface area contributed by atoms with Crippen molar-refractivity contribution in [1.82, 2.24) is 9.47 Å². The highest BCUT2D eigenvalue weighted by Gasteiger charge is 2.17. The maximum absolute atomic E-state index is 12.1. The third-order valence-corrected chi connectivity index (χ3v) is 5.57. The normalized spacial score (nSPS) is 19.0. The standard InChI is InChI=1S/C21H29N3O3/c25-21(16-27-19-3-1-2-4-19)22-18-5-6-20-17(15-18)7-8-24(20)10-9-23-11-13-26-14-12-23/h5-8,15,19H,1-4,9-14,16H2,(H,22,25). The molecule has 6 heteroatoms. The summed E-state index contributed by atoms with van der Waals surface area (Å²) in [7, 11) is 0. The molecule has 0 radical (unpaired) electrons. The Morgan fingerprint density at radius 3 is 2.78 bits per heavy atom. The number of morpholine rings is 1. The van der Waals surface area contributed by atoms with Gasteiger partial charge in [-0.05, 0) is 37.1 Å². The second-order valence-electron chi connectivity index (χ2n) is 7.50. The summed E-state index contributed by atoms with van der Waals surface area (Å²) in [4.78, 5) is 14.6. The van der Waals surface area contributed by atoms with Crippen LogP contribution in [0.1, 0.15) is 25.7 Å². The average molecular weight is 371 g/mol. The Morgan fingerprint density at radius 1 is 1.15 bits per heavy atom. The average Bonchev–Trinajstić information content (AvgIpc) is 3.35. The molecule has 0 atom stereocenters. The van der Waals surface area contributed by atoms with Crippen molar-refractivity contribution in [3.63, 3.8) is 0 Å². The molecule has 1 saturated heterocycles. The van der Waals surface area contributed by atoms with Gasteiger partial charge in [0.15, 0.2) is 0 Å². The fourth-order valence-electron chi connectivity index (χ4n) is 3.99.